The van der Waals surface area contributed by atoms with E-state index in [2.05, 4.69) is 20.2 Å². The summed E-state index contributed by atoms with van der Waals surface area (Å²) >= 11 is 0. The van der Waals surface area contributed by atoms with Crippen LogP contribution in [0.3, 0.4) is 0 Å². The van der Waals surface area contributed by atoms with Gasteiger partial charge in [-0.25, -0.2) is 4.98 Å². The maximum atomic E-state index is 12.5. The summed E-state index contributed by atoms with van der Waals surface area (Å²) in [6.45, 7) is 1.72. The maximum Gasteiger partial charge on any atom is 0.433 e. The number of H-pyrrole nitrogens is 1. The van der Waals surface area contributed by atoms with Crippen molar-refractivity contribution in [3.05, 3.63) is 23.5 Å². The molecule has 0 aliphatic carbocycles. The van der Waals surface area contributed by atoms with Crippen LogP contribution in [0.15, 0.2) is 12.1 Å². The second-order valence-corrected chi connectivity index (χ2v) is 3.44. The first-order valence-electron chi connectivity index (χ1n) is 4.76. The molecular weight excluding hydrogens is 251 g/mol. The van der Waals surface area contributed by atoms with Gasteiger partial charge in [-0.3, -0.25) is 5.10 Å². The molecule has 2 rings (SSSR count). The van der Waals surface area contributed by atoms with Gasteiger partial charge in [-0.15, -0.1) is 5.10 Å². The Morgan fingerprint density at radius 1 is 1.22 bits per heavy atom. The predicted octanol–water partition coefficient (Wildman–Crippen LogP) is 1.90. The van der Waals surface area contributed by atoms with Crippen molar-refractivity contribution in [2.45, 2.75) is 13.1 Å². The summed E-state index contributed by atoms with van der Waals surface area (Å²) in [7, 11) is 0. The van der Waals surface area contributed by atoms with Crippen molar-refractivity contribution >= 4 is 5.95 Å². The van der Waals surface area contributed by atoms with Crippen LogP contribution in [0.5, 0.6) is 11.8 Å². The number of anilines is 1. The molecule has 6 nitrogen and oxygen atoms in total. The van der Waals surface area contributed by atoms with Crippen molar-refractivity contribution in [1.29, 1.82) is 0 Å². The number of nitrogens with one attached hydrogen (secondary N) is 1. The van der Waals surface area contributed by atoms with Gasteiger partial charge in [-0.2, -0.15) is 18.2 Å². The Morgan fingerprint density at radius 2 is 1.94 bits per heavy atom. The lowest BCUT2D eigenvalue weighted by Crippen LogP contribution is -2.11. The van der Waals surface area contributed by atoms with Crippen LogP contribution in [0.2, 0.25) is 0 Å². The molecule has 0 atom stereocenters. The van der Waals surface area contributed by atoms with Gasteiger partial charge in [0.1, 0.15) is 0 Å². The highest BCUT2D eigenvalue weighted by atomic mass is 19.4. The second kappa shape index (κ2) is 4.17. The minimum absolute atomic E-state index is 0.0960. The van der Waals surface area contributed by atoms with Gasteiger partial charge < -0.3 is 10.5 Å². The number of aromatic amines is 1. The van der Waals surface area contributed by atoms with Gasteiger partial charge in [0.2, 0.25) is 17.7 Å². The van der Waals surface area contributed by atoms with Gasteiger partial charge in [-0.1, -0.05) is 0 Å². The zero-order chi connectivity index (χ0) is 13.3. The van der Waals surface area contributed by atoms with Gasteiger partial charge >= 0.3 is 6.18 Å². The van der Waals surface area contributed by atoms with E-state index in [4.69, 9.17) is 10.5 Å². The van der Waals surface area contributed by atoms with Crippen LogP contribution in [-0.4, -0.2) is 20.2 Å². The number of rotatable bonds is 2. The van der Waals surface area contributed by atoms with E-state index in [0.29, 0.717) is 11.8 Å². The fraction of sp³-hybridized carbons (Fsp3) is 0.222. The van der Waals surface area contributed by atoms with Gasteiger partial charge in [0, 0.05) is 17.8 Å². The first-order valence-corrected chi connectivity index (χ1v) is 4.76. The molecule has 0 bridgehead atoms. The maximum absolute atomic E-state index is 12.5. The molecular formula is C9H8F3N5O. The minimum atomic E-state index is -4.61. The first-order chi connectivity index (χ1) is 8.34. The quantitative estimate of drug-likeness (QED) is 0.859. The molecule has 0 radical (unpaired) electrons. The minimum Gasteiger partial charge on any atom is -0.419 e. The summed E-state index contributed by atoms with van der Waals surface area (Å²) in [5.41, 5.74) is 4.71. The van der Waals surface area contributed by atoms with E-state index in [1.807, 2.05) is 0 Å². The highest BCUT2D eigenvalue weighted by Gasteiger charge is 2.33. The molecule has 0 aliphatic heterocycles. The fourth-order valence-corrected chi connectivity index (χ4v) is 1.19. The molecule has 0 amide bonds. The number of aryl methyl sites for hydroxylation is 1. The highest BCUT2D eigenvalue weighted by Crippen LogP contribution is 2.30. The normalized spacial score (nSPS) is 11.6. The molecule has 0 fully saturated rings. The van der Waals surface area contributed by atoms with Gasteiger partial charge in [-0.05, 0) is 6.92 Å². The van der Waals surface area contributed by atoms with Crippen LogP contribution in [0.1, 0.15) is 11.4 Å². The molecule has 0 aliphatic rings. The molecule has 9 heteroatoms. The molecule has 3 N–H and O–H groups in total. The van der Waals surface area contributed by atoms with E-state index < -0.39 is 17.8 Å². The van der Waals surface area contributed by atoms with Crippen molar-refractivity contribution in [3.63, 3.8) is 0 Å². The Morgan fingerprint density at radius 3 is 2.50 bits per heavy atom. The summed E-state index contributed by atoms with van der Waals surface area (Å²) in [6.07, 6.45) is -4.61. The molecule has 0 saturated carbocycles. The van der Waals surface area contributed by atoms with Gasteiger partial charge in [0.25, 0.3) is 0 Å². The van der Waals surface area contributed by atoms with Crippen LogP contribution in [-0.2, 0) is 6.18 Å². The first kappa shape index (κ1) is 12.1. The summed E-state index contributed by atoms with van der Waals surface area (Å²) in [5, 5.41) is 6.28. The molecule has 2 heterocycles. The van der Waals surface area contributed by atoms with Crippen LogP contribution in [0.4, 0.5) is 19.1 Å². The number of aromatic nitrogens is 4. The number of nitrogen functional groups attached to an aromatic ring is 1. The van der Waals surface area contributed by atoms with E-state index in [-0.39, 0.29) is 11.8 Å². The van der Waals surface area contributed by atoms with E-state index in [1.54, 1.807) is 6.92 Å². The van der Waals surface area contributed by atoms with Crippen LogP contribution >= 0.6 is 0 Å². The molecule has 2 aromatic heterocycles. The average Bonchev–Trinajstić information content (AvgIpc) is 2.61. The number of alkyl halides is 3. The third-order valence-corrected chi connectivity index (χ3v) is 1.90. The SMILES string of the molecule is Cc1cc(Oc2cc(C(F)(F)F)nc(N)n2)n[nH]1. The Bertz CT molecular complexity index is 566. The van der Waals surface area contributed by atoms with Crippen molar-refractivity contribution in [1.82, 2.24) is 20.2 Å². The van der Waals surface area contributed by atoms with Crippen LogP contribution in [0.25, 0.3) is 0 Å². The third kappa shape index (κ3) is 2.67. The standard InChI is InChI=1S/C9H8F3N5O/c1-4-2-7(17-16-4)18-6-3-5(9(10,11)12)14-8(13)15-6/h2-3H,1H3,(H,16,17)(H2,13,14,15). The fourth-order valence-electron chi connectivity index (χ4n) is 1.19. The van der Waals surface area contributed by atoms with E-state index in [1.165, 1.54) is 6.07 Å². The Labute approximate surface area is 99.0 Å². The Kier molecular flexibility index (Phi) is 2.81. The zero-order valence-electron chi connectivity index (χ0n) is 9.12. The lowest BCUT2D eigenvalue weighted by atomic mass is 10.4. The van der Waals surface area contributed by atoms with Crippen molar-refractivity contribution in [2.24, 2.45) is 0 Å². The topological polar surface area (TPSA) is 89.7 Å². The number of nitrogens with zero attached hydrogens (tertiary/aromatic N) is 3. The molecule has 2 aromatic rings. The summed E-state index contributed by atoms with van der Waals surface area (Å²) in [4.78, 5) is 6.63. The van der Waals surface area contributed by atoms with Crippen molar-refractivity contribution in [2.75, 3.05) is 5.73 Å². The van der Waals surface area contributed by atoms with Crippen LogP contribution in [0, 0.1) is 6.92 Å². The number of nitrogens with two attached hydrogens (primary N) is 1. The Hall–Kier alpha value is -2.32. The zero-order valence-corrected chi connectivity index (χ0v) is 9.12. The Balaban J connectivity index is 2.31. The summed E-state index contributed by atoms with van der Waals surface area (Å²) < 4.78 is 42.4. The van der Waals surface area contributed by atoms with Gasteiger partial charge in [0.15, 0.2) is 5.69 Å². The smallest absolute Gasteiger partial charge is 0.419 e. The van der Waals surface area contributed by atoms with Crippen molar-refractivity contribution in [3.8, 4) is 11.8 Å². The van der Waals surface area contributed by atoms with Crippen LogP contribution < -0.4 is 10.5 Å². The molecule has 18 heavy (non-hydrogen) atoms. The van der Waals surface area contributed by atoms with E-state index in [0.717, 1.165) is 0 Å². The largest absolute Gasteiger partial charge is 0.433 e. The third-order valence-electron chi connectivity index (χ3n) is 1.90. The lowest BCUT2D eigenvalue weighted by molar-refractivity contribution is -0.141. The lowest BCUT2D eigenvalue weighted by Gasteiger charge is -2.08. The molecule has 0 unspecified atom stereocenters. The number of halogens is 3. The summed E-state index contributed by atoms with van der Waals surface area (Å²) in [6, 6.07) is 2.16. The van der Waals surface area contributed by atoms with E-state index >= 15 is 0 Å². The van der Waals surface area contributed by atoms with Crippen molar-refractivity contribution < 1.29 is 17.9 Å². The number of hydrogen-bond donors (Lipinski definition) is 2. The van der Waals surface area contributed by atoms with E-state index in [9.17, 15) is 13.2 Å². The molecule has 0 spiro atoms. The molecule has 96 valence electrons. The average molecular weight is 259 g/mol. The van der Waals surface area contributed by atoms with Gasteiger partial charge in [0.05, 0.1) is 0 Å². The number of ether oxygens (including phenoxy) is 1. The predicted molar refractivity (Wildman–Crippen MR) is 54.8 cm³/mol. The molecule has 0 aromatic carbocycles. The monoisotopic (exact) mass is 259 g/mol. The second-order valence-electron chi connectivity index (χ2n) is 3.44. The highest BCUT2D eigenvalue weighted by molar-refractivity contribution is 5.30. The number of hydrogen-bond acceptors (Lipinski definition) is 5. The summed E-state index contributed by atoms with van der Waals surface area (Å²) in [5.74, 6) is -0.743. The molecule has 0 saturated heterocycles.